The second-order valence-electron chi connectivity index (χ2n) is 7.88. The second-order valence-corrected chi connectivity index (χ2v) is 7.88. The summed E-state index contributed by atoms with van der Waals surface area (Å²) in [7, 11) is 1.59. The highest BCUT2D eigenvalue weighted by Gasteiger charge is 2.29. The number of rotatable bonds is 8. The second kappa shape index (κ2) is 11.8. The first-order valence-electron chi connectivity index (χ1n) is 11.0. The van der Waals surface area contributed by atoms with Gasteiger partial charge in [-0.1, -0.05) is 24.3 Å². The first-order chi connectivity index (χ1) is 16.0. The number of nitrogens with one attached hydrogen (secondary N) is 2. The topological polar surface area (TPSA) is 114 Å². The fraction of sp³-hybridized carbons (Fsp3) is 0.320. The summed E-state index contributed by atoms with van der Waals surface area (Å²) in [4.78, 5) is 39.4. The standard InChI is InChI=1S/C25H30N4O4/c1-33-21-11-8-18(9-12-21)10-13-23(30)28-22-7-2-3-14-29(25(22)32)17-24(31)27-20-6-4-5-19(15-20)16-26/h4-6,8-13,15,22H,2-3,7,14,16-17,26H2,1H3,(H,27,31)(H,28,30). The predicted molar refractivity (Wildman–Crippen MR) is 127 cm³/mol. The Morgan fingerprint density at radius 2 is 1.97 bits per heavy atom. The Kier molecular flexibility index (Phi) is 8.60. The number of nitrogens with zero attached hydrogens (tertiary/aromatic N) is 1. The molecule has 0 aromatic heterocycles. The maximum Gasteiger partial charge on any atom is 0.245 e. The third kappa shape index (κ3) is 7.18. The van der Waals surface area contributed by atoms with Gasteiger partial charge in [-0.05, 0) is 60.7 Å². The van der Waals surface area contributed by atoms with Crippen molar-refractivity contribution >= 4 is 29.5 Å². The van der Waals surface area contributed by atoms with Crippen molar-refractivity contribution in [2.24, 2.45) is 5.73 Å². The summed E-state index contributed by atoms with van der Waals surface area (Å²) in [6, 6.07) is 13.9. The fourth-order valence-electron chi connectivity index (χ4n) is 3.65. The van der Waals surface area contributed by atoms with E-state index in [1.165, 1.54) is 11.0 Å². The van der Waals surface area contributed by atoms with Crippen LogP contribution >= 0.6 is 0 Å². The number of likely N-dealkylation sites (tertiary alicyclic amines) is 1. The van der Waals surface area contributed by atoms with Crippen LogP contribution in [0.1, 0.15) is 30.4 Å². The lowest BCUT2D eigenvalue weighted by atomic mass is 10.1. The maximum atomic E-state index is 13.0. The van der Waals surface area contributed by atoms with E-state index in [9.17, 15) is 14.4 Å². The molecule has 8 heteroatoms. The van der Waals surface area contributed by atoms with Crippen molar-refractivity contribution in [2.45, 2.75) is 31.8 Å². The van der Waals surface area contributed by atoms with Crippen molar-refractivity contribution in [3.05, 3.63) is 65.7 Å². The number of anilines is 1. The van der Waals surface area contributed by atoms with Gasteiger partial charge in [-0.15, -0.1) is 0 Å². The van der Waals surface area contributed by atoms with E-state index in [2.05, 4.69) is 10.6 Å². The number of benzene rings is 2. The van der Waals surface area contributed by atoms with E-state index in [4.69, 9.17) is 10.5 Å². The van der Waals surface area contributed by atoms with Gasteiger partial charge in [0.2, 0.25) is 17.7 Å². The van der Waals surface area contributed by atoms with E-state index in [0.717, 1.165) is 29.7 Å². The van der Waals surface area contributed by atoms with Crippen molar-refractivity contribution in [1.29, 1.82) is 0 Å². The van der Waals surface area contributed by atoms with Crippen LogP contribution in [0, 0.1) is 0 Å². The molecular formula is C25H30N4O4. The summed E-state index contributed by atoms with van der Waals surface area (Å²) in [5.74, 6) is -0.153. The van der Waals surface area contributed by atoms with Gasteiger partial charge >= 0.3 is 0 Å². The van der Waals surface area contributed by atoms with Crippen LogP contribution in [0.25, 0.3) is 6.08 Å². The largest absolute Gasteiger partial charge is 0.497 e. The van der Waals surface area contributed by atoms with Crippen LogP contribution in [0.3, 0.4) is 0 Å². The van der Waals surface area contributed by atoms with Crippen molar-refractivity contribution in [1.82, 2.24) is 10.2 Å². The van der Waals surface area contributed by atoms with Crippen LogP contribution < -0.4 is 21.1 Å². The highest BCUT2D eigenvalue weighted by atomic mass is 16.5. The van der Waals surface area contributed by atoms with E-state index in [1.54, 1.807) is 25.3 Å². The first-order valence-corrected chi connectivity index (χ1v) is 11.0. The minimum absolute atomic E-state index is 0.0697. The van der Waals surface area contributed by atoms with Gasteiger partial charge < -0.3 is 26.0 Å². The van der Waals surface area contributed by atoms with E-state index in [1.807, 2.05) is 36.4 Å². The number of hydrogen-bond acceptors (Lipinski definition) is 5. The Hall–Kier alpha value is -3.65. The number of ether oxygens (including phenoxy) is 1. The minimum Gasteiger partial charge on any atom is -0.497 e. The third-order valence-corrected chi connectivity index (χ3v) is 5.42. The number of amides is 3. The zero-order valence-corrected chi connectivity index (χ0v) is 18.8. The molecule has 0 saturated carbocycles. The molecule has 1 saturated heterocycles. The molecule has 1 aliphatic heterocycles. The maximum absolute atomic E-state index is 13.0. The quantitative estimate of drug-likeness (QED) is 0.534. The molecule has 1 heterocycles. The predicted octanol–water partition coefficient (Wildman–Crippen LogP) is 2.30. The highest BCUT2D eigenvalue weighted by Crippen LogP contribution is 2.15. The van der Waals surface area contributed by atoms with E-state index in [0.29, 0.717) is 25.2 Å². The zero-order chi connectivity index (χ0) is 23.6. The Balaban J connectivity index is 1.56. The number of methoxy groups -OCH3 is 1. The van der Waals surface area contributed by atoms with Crippen LogP contribution in [-0.4, -0.2) is 48.9 Å². The Morgan fingerprint density at radius 1 is 1.18 bits per heavy atom. The molecule has 33 heavy (non-hydrogen) atoms. The lowest BCUT2D eigenvalue weighted by molar-refractivity contribution is -0.137. The molecule has 0 spiro atoms. The van der Waals surface area contributed by atoms with Gasteiger partial charge in [0.15, 0.2) is 0 Å². The normalized spacial score (nSPS) is 16.4. The summed E-state index contributed by atoms with van der Waals surface area (Å²) in [5, 5.41) is 5.59. The first kappa shape index (κ1) is 24.0. The van der Waals surface area contributed by atoms with Crippen LogP contribution in [0.15, 0.2) is 54.6 Å². The molecule has 2 aromatic carbocycles. The summed E-state index contributed by atoms with van der Waals surface area (Å²) >= 11 is 0. The van der Waals surface area contributed by atoms with Crippen LogP contribution in [0.4, 0.5) is 5.69 Å². The van der Waals surface area contributed by atoms with Gasteiger partial charge in [0, 0.05) is 24.9 Å². The molecule has 1 atom stereocenters. The average molecular weight is 451 g/mol. The lowest BCUT2D eigenvalue weighted by Gasteiger charge is -2.24. The van der Waals surface area contributed by atoms with E-state index in [-0.39, 0.29) is 24.3 Å². The SMILES string of the molecule is COc1ccc(C=CC(=O)NC2CCCCN(CC(=O)Nc3cccc(CN)c3)C2=O)cc1. The molecule has 174 valence electrons. The summed E-state index contributed by atoms with van der Waals surface area (Å²) < 4.78 is 5.12. The van der Waals surface area contributed by atoms with Crippen molar-refractivity contribution in [3.63, 3.8) is 0 Å². The molecule has 0 radical (unpaired) electrons. The molecule has 0 aliphatic carbocycles. The third-order valence-electron chi connectivity index (χ3n) is 5.42. The minimum atomic E-state index is -0.658. The molecule has 1 unspecified atom stereocenters. The van der Waals surface area contributed by atoms with Gasteiger partial charge in [-0.2, -0.15) is 0 Å². The summed E-state index contributed by atoms with van der Waals surface area (Å²) in [5.41, 5.74) is 8.03. The zero-order valence-electron chi connectivity index (χ0n) is 18.8. The highest BCUT2D eigenvalue weighted by molar-refractivity contribution is 5.98. The molecule has 2 aromatic rings. The molecule has 3 amide bonds. The summed E-state index contributed by atoms with van der Waals surface area (Å²) in [6.07, 6.45) is 5.18. The smallest absolute Gasteiger partial charge is 0.245 e. The Morgan fingerprint density at radius 3 is 2.70 bits per heavy atom. The van der Waals surface area contributed by atoms with Crippen LogP contribution in [0.5, 0.6) is 5.75 Å². The number of hydrogen-bond donors (Lipinski definition) is 3. The Bertz CT molecular complexity index is 1000. The molecular weight excluding hydrogens is 420 g/mol. The van der Waals surface area contributed by atoms with Crippen LogP contribution in [-0.2, 0) is 20.9 Å². The average Bonchev–Trinajstić information content (AvgIpc) is 2.99. The molecule has 8 nitrogen and oxygen atoms in total. The monoisotopic (exact) mass is 450 g/mol. The fourth-order valence-corrected chi connectivity index (χ4v) is 3.65. The molecule has 1 fully saturated rings. The molecule has 4 N–H and O–H groups in total. The van der Waals surface area contributed by atoms with Crippen molar-refractivity contribution in [3.8, 4) is 5.75 Å². The molecule has 0 bridgehead atoms. The molecule has 3 rings (SSSR count). The van der Waals surface area contributed by atoms with E-state index >= 15 is 0 Å². The van der Waals surface area contributed by atoms with Gasteiger partial charge in [-0.25, -0.2) is 0 Å². The number of nitrogens with two attached hydrogens (primary N) is 1. The summed E-state index contributed by atoms with van der Waals surface area (Å²) in [6.45, 7) is 0.783. The van der Waals surface area contributed by atoms with E-state index < -0.39 is 6.04 Å². The Labute approximate surface area is 193 Å². The van der Waals surface area contributed by atoms with Crippen molar-refractivity contribution in [2.75, 3.05) is 25.5 Å². The van der Waals surface area contributed by atoms with Gasteiger partial charge in [0.1, 0.15) is 11.8 Å². The van der Waals surface area contributed by atoms with Gasteiger partial charge in [0.05, 0.1) is 13.7 Å². The van der Waals surface area contributed by atoms with Crippen LogP contribution in [0.2, 0.25) is 0 Å². The van der Waals surface area contributed by atoms with Crippen molar-refractivity contribution < 1.29 is 19.1 Å². The lowest BCUT2D eigenvalue weighted by Crippen LogP contribution is -2.49. The number of carbonyl (C=O) groups is 3. The van der Waals surface area contributed by atoms with Gasteiger partial charge in [0.25, 0.3) is 0 Å². The number of carbonyl (C=O) groups excluding carboxylic acids is 3. The van der Waals surface area contributed by atoms with Gasteiger partial charge in [-0.3, -0.25) is 14.4 Å². The molecule has 1 aliphatic rings.